The van der Waals surface area contributed by atoms with E-state index in [0.29, 0.717) is 12.4 Å². The largest absolute Gasteiger partial charge is 0.508 e. The van der Waals surface area contributed by atoms with Gasteiger partial charge < -0.3 is 14.4 Å². The molecule has 3 nitrogen and oxygen atoms in total. The molecule has 3 rings (SSSR count). The Hall–Kier alpha value is -2.49. The van der Waals surface area contributed by atoms with E-state index in [1.54, 1.807) is 24.3 Å². The normalized spacial score (nSPS) is 11.0. The third-order valence-corrected chi connectivity index (χ3v) is 3.47. The highest BCUT2D eigenvalue weighted by molar-refractivity contribution is 5.82. The van der Waals surface area contributed by atoms with Gasteiger partial charge >= 0.3 is 0 Å². The molecule has 0 atom stereocenters. The Balaban J connectivity index is 1.89. The Kier molecular flexibility index (Phi) is 3.52. The zero-order valence-electron chi connectivity index (χ0n) is 11.7. The molecule has 0 aliphatic carbocycles. The van der Waals surface area contributed by atoms with Crippen LogP contribution in [0.25, 0.3) is 10.9 Å². The second-order valence-electron chi connectivity index (χ2n) is 4.87. The molecule has 3 aromatic rings. The Morgan fingerprint density at radius 1 is 1.14 bits per heavy atom. The van der Waals surface area contributed by atoms with Crippen molar-refractivity contribution in [3.63, 3.8) is 0 Å². The van der Waals surface area contributed by atoms with E-state index in [0.717, 1.165) is 23.1 Å². The number of aromatic nitrogens is 1. The fraction of sp³-hybridized carbons (Fsp3) is 0.176. The second kappa shape index (κ2) is 5.48. The fourth-order valence-corrected chi connectivity index (χ4v) is 2.52. The highest BCUT2D eigenvalue weighted by Gasteiger charge is 2.09. The summed E-state index contributed by atoms with van der Waals surface area (Å²) in [5.74, 6) is 0.438. The SMILES string of the molecule is CCn1c(COc2cccc(F)c2)cc2cc(O)ccc21. The number of aromatic hydroxyl groups is 1. The van der Waals surface area contributed by atoms with Crippen LogP contribution < -0.4 is 4.74 Å². The number of phenolic OH excluding ortho intramolecular Hbond substituents is 1. The lowest BCUT2D eigenvalue weighted by atomic mass is 10.2. The summed E-state index contributed by atoms with van der Waals surface area (Å²) in [6, 6.07) is 13.4. The molecule has 0 unspecified atom stereocenters. The first kappa shape index (κ1) is 13.5. The van der Waals surface area contributed by atoms with Gasteiger partial charge in [-0.05, 0) is 43.3 Å². The van der Waals surface area contributed by atoms with Gasteiger partial charge in [-0.3, -0.25) is 0 Å². The van der Waals surface area contributed by atoms with Gasteiger partial charge in [0.2, 0.25) is 0 Å². The monoisotopic (exact) mass is 285 g/mol. The van der Waals surface area contributed by atoms with Crippen LogP contribution in [0.3, 0.4) is 0 Å². The van der Waals surface area contributed by atoms with Crippen LogP contribution in [0.5, 0.6) is 11.5 Å². The van der Waals surface area contributed by atoms with E-state index in [1.165, 1.54) is 12.1 Å². The van der Waals surface area contributed by atoms with E-state index in [9.17, 15) is 9.50 Å². The smallest absolute Gasteiger partial charge is 0.128 e. The summed E-state index contributed by atoms with van der Waals surface area (Å²) in [5, 5.41) is 10.5. The van der Waals surface area contributed by atoms with E-state index in [2.05, 4.69) is 11.5 Å². The van der Waals surface area contributed by atoms with Crippen molar-refractivity contribution in [3.8, 4) is 11.5 Å². The third kappa shape index (κ3) is 2.70. The van der Waals surface area contributed by atoms with Gasteiger partial charge in [0.25, 0.3) is 0 Å². The molecule has 0 radical (unpaired) electrons. The summed E-state index contributed by atoms with van der Waals surface area (Å²) in [4.78, 5) is 0. The first-order valence-corrected chi connectivity index (χ1v) is 6.87. The average Bonchev–Trinajstić information content (AvgIpc) is 2.81. The Morgan fingerprint density at radius 2 is 2.00 bits per heavy atom. The Morgan fingerprint density at radius 3 is 2.76 bits per heavy atom. The molecule has 1 heterocycles. The number of hydrogen-bond acceptors (Lipinski definition) is 2. The van der Waals surface area contributed by atoms with Crippen LogP contribution in [-0.2, 0) is 13.2 Å². The predicted molar refractivity (Wildman–Crippen MR) is 80.0 cm³/mol. The van der Waals surface area contributed by atoms with Crippen molar-refractivity contribution in [3.05, 3.63) is 60.0 Å². The van der Waals surface area contributed by atoms with E-state index >= 15 is 0 Å². The summed E-state index contributed by atoms with van der Waals surface area (Å²) in [7, 11) is 0. The minimum absolute atomic E-state index is 0.244. The van der Waals surface area contributed by atoms with Gasteiger partial charge in [-0.1, -0.05) is 6.07 Å². The first-order valence-electron chi connectivity index (χ1n) is 6.87. The number of benzene rings is 2. The molecule has 1 aromatic heterocycles. The van der Waals surface area contributed by atoms with Crippen LogP contribution in [0.2, 0.25) is 0 Å². The number of fused-ring (bicyclic) bond motifs is 1. The highest BCUT2D eigenvalue weighted by Crippen LogP contribution is 2.25. The number of rotatable bonds is 4. The number of aryl methyl sites for hydroxylation is 1. The minimum atomic E-state index is -0.312. The lowest BCUT2D eigenvalue weighted by Gasteiger charge is -2.10. The molecule has 0 spiro atoms. The Bertz CT molecular complexity index is 780. The maximum atomic E-state index is 13.1. The number of nitrogens with zero attached hydrogens (tertiary/aromatic N) is 1. The van der Waals surface area contributed by atoms with Crippen LogP contribution in [-0.4, -0.2) is 9.67 Å². The lowest BCUT2D eigenvalue weighted by Crippen LogP contribution is -2.04. The van der Waals surface area contributed by atoms with Crippen molar-refractivity contribution in [2.45, 2.75) is 20.1 Å². The highest BCUT2D eigenvalue weighted by atomic mass is 19.1. The minimum Gasteiger partial charge on any atom is -0.508 e. The molecule has 0 saturated carbocycles. The standard InChI is InChI=1S/C17H16FNO2/c1-2-19-14(8-12-9-15(20)6-7-17(12)19)11-21-16-5-3-4-13(18)10-16/h3-10,20H,2,11H2,1H3. The van der Waals surface area contributed by atoms with E-state index in [-0.39, 0.29) is 11.6 Å². The van der Waals surface area contributed by atoms with E-state index in [1.807, 2.05) is 12.1 Å². The number of hydrogen-bond donors (Lipinski definition) is 1. The van der Waals surface area contributed by atoms with Crippen LogP contribution in [0, 0.1) is 5.82 Å². The summed E-state index contributed by atoms with van der Waals surface area (Å²) in [5.41, 5.74) is 2.04. The molecule has 1 N–H and O–H groups in total. The van der Waals surface area contributed by atoms with E-state index in [4.69, 9.17) is 4.74 Å². The van der Waals surface area contributed by atoms with Gasteiger partial charge in [0.1, 0.15) is 23.9 Å². The maximum absolute atomic E-state index is 13.1. The topological polar surface area (TPSA) is 34.4 Å². The fourth-order valence-electron chi connectivity index (χ4n) is 2.52. The zero-order valence-corrected chi connectivity index (χ0v) is 11.7. The molecule has 0 aliphatic rings. The molecular formula is C17H16FNO2. The second-order valence-corrected chi connectivity index (χ2v) is 4.87. The zero-order chi connectivity index (χ0) is 14.8. The molecule has 0 saturated heterocycles. The van der Waals surface area contributed by atoms with Gasteiger partial charge in [-0.25, -0.2) is 4.39 Å². The third-order valence-electron chi connectivity index (χ3n) is 3.47. The van der Waals surface area contributed by atoms with Crippen LogP contribution >= 0.6 is 0 Å². The van der Waals surface area contributed by atoms with Gasteiger partial charge in [0.05, 0.1) is 5.69 Å². The number of phenols is 1. The van der Waals surface area contributed by atoms with Crippen molar-refractivity contribution in [1.82, 2.24) is 4.57 Å². The van der Waals surface area contributed by atoms with Crippen LogP contribution in [0.1, 0.15) is 12.6 Å². The quantitative estimate of drug-likeness (QED) is 0.783. The molecule has 0 aliphatic heterocycles. The van der Waals surface area contributed by atoms with Crippen molar-refractivity contribution in [2.75, 3.05) is 0 Å². The van der Waals surface area contributed by atoms with Gasteiger partial charge in [-0.2, -0.15) is 0 Å². The Labute approximate surface area is 122 Å². The summed E-state index contributed by atoms with van der Waals surface area (Å²) < 4.78 is 20.9. The van der Waals surface area contributed by atoms with Crippen molar-refractivity contribution in [1.29, 1.82) is 0 Å². The van der Waals surface area contributed by atoms with Gasteiger partial charge in [0, 0.05) is 23.5 Å². The molecule has 0 bridgehead atoms. The summed E-state index contributed by atoms with van der Waals surface area (Å²) in [6.07, 6.45) is 0. The molecule has 108 valence electrons. The molecule has 4 heteroatoms. The average molecular weight is 285 g/mol. The van der Waals surface area contributed by atoms with Crippen LogP contribution in [0.4, 0.5) is 4.39 Å². The van der Waals surface area contributed by atoms with Crippen molar-refractivity contribution < 1.29 is 14.2 Å². The molecule has 0 fully saturated rings. The van der Waals surface area contributed by atoms with Crippen molar-refractivity contribution >= 4 is 10.9 Å². The number of halogens is 1. The lowest BCUT2D eigenvalue weighted by molar-refractivity contribution is 0.294. The first-order chi connectivity index (χ1) is 10.2. The van der Waals surface area contributed by atoms with E-state index < -0.39 is 0 Å². The molecule has 2 aromatic carbocycles. The summed E-state index contributed by atoms with van der Waals surface area (Å²) >= 11 is 0. The van der Waals surface area contributed by atoms with Gasteiger partial charge in [-0.15, -0.1) is 0 Å². The molecule has 21 heavy (non-hydrogen) atoms. The van der Waals surface area contributed by atoms with Crippen LogP contribution in [0.15, 0.2) is 48.5 Å². The molecule has 0 amide bonds. The summed E-state index contributed by atoms with van der Waals surface area (Å²) in [6.45, 7) is 3.21. The number of ether oxygens (including phenoxy) is 1. The predicted octanol–water partition coefficient (Wildman–Crippen LogP) is 4.08. The molecular weight excluding hydrogens is 269 g/mol. The van der Waals surface area contributed by atoms with Gasteiger partial charge in [0.15, 0.2) is 0 Å². The van der Waals surface area contributed by atoms with Crippen molar-refractivity contribution in [2.24, 2.45) is 0 Å². The maximum Gasteiger partial charge on any atom is 0.128 e.